The number of nitrogens with two attached hydrogens (primary N) is 1. The van der Waals surface area contributed by atoms with E-state index in [1.165, 1.54) is 26.3 Å². The van der Waals surface area contributed by atoms with E-state index in [1.807, 2.05) is 36.4 Å². The molecule has 0 bridgehead atoms. The van der Waals surface area contributed by atoms with E-state index in [9.17, 15) is 14.0 Å². The Bertz CT molecular complexity index is 1160. The highest BCUT2D eigenvalue weighted by molar-refractivity contribution is 6.12. The molecule has 0 fully saturated rings. The summed E-state index contributed by atoms with van der Waals surface area (Å²) in [6.07, 6.45) is 4.31. The van der Waals surface area contributed by atoms with Gasteiger partial charge in [0.2, 0.25) is 0 Å². The van der Waals surface area contributed by atoms with Gasteiger partial charge in [-0.2, -0.15) is 5.26 Å². The summed E-state index contributed by atoms with van der Waals surface area (Å²) in [4.78, 5) is 12.7. The molecular weight excluding hydrogens is 384 g/mol. The number of aromatic nitrogens is 2. The van der Waals surface area contributed by atoms with Crippen LogP contribution < -0.4 is 5.73 Å². The van der Waals surface area contributed by atoms with Crippen LogP contribution in [0, 0.1) is 17.2 Å². The van der Waals surface area contributed by atoms with Crippen molar-refractivity contribution in [3.8, 4) is 17.3 Å². The third-order valence-electron chi connectivity index (χ3n) is 4.76. The molecule has 0 saturated heterocycles. The fourth-order valence-electron chi connectivity index (χ4n) is 2.84. The molecule has 1 aromatic carbocycles. The molecule has 7 heteroatoms. The molecule has 0 saturated carbocycles. The molecule has 5 nitrogen and oxygen atoms in total. The Labute approximate surface area is 173 Å². The molecule has 3 rings (SSSR count). The first kappa shape index (κ1) is 21.1. The number of alkyl halides is 2. The first-order valence-corrected chi connectivity index (χ1v) is 9.42. The maximum Gasteiger partial charge on any atom is 0.269 e. The van der Waals surface area contributed by atoms with Gasteiger partial charge in [-0.3, -0.25) is 9.98 Å². The number of allylic oxidation sites excluding steroid dienone is 1. The highest BCUT2D eigenvalue weighted by Gasteiger charge is 2.32. The molecule has 0 spiro atoms. The number of aliphatic imine (C=N–C) groups is 1. The van der Waals surface area contributed by atoms with Crippen LogP contribution in [0.5, 0.6) is 0 Å². The molecule has 2 aromatic heterocycles. The molecule has 0 aliphatic rings. The third-order valence-corrected chi connectivity index (χ3v) is 4.76. The molecule has 0 radical (unpaired) electrons. The van der Waals surface area contributed by atoms with Crippen LogP contribution in [0.25, 0.3) is 27.7 Å². The van der Waals surface area contributed by atoms with E-state index in [-0.39, 0.29) is 5.69 Å². The first-order valence-electron chi connectivity index (χ1n) is 9.42. The van der Waals surface area contributed by atoms with Gasteiger partial charge in [0, 0.05) is 46.6 Å². The molecule has 0 amide bonds. The minimum absolute atomic E-state index is 0.231. The lowest BCUT2D eigenvalue weighted by atomic mass is 9.98. The van der Waals surface area contributed by atoms with Crippen LogP contribution >= 0.6 is 0 Å². The minimum atomic E-state index is -2.91. The maximum atomic E-state index is 13.9. The number of fused-ring (bicyclic) bond motifs is 1. The second-order valence-corrected chi connectivity index (χ2v) is 7.12. The van der Waals surface area contributed by atoms with E-state index >= 15 is 0 Å². The van der Waals surface area contributed by atoms with Gasteiger partial charge in [-0.1, -0.05) is 32.0 Å². The highest BCUT2D eigenvalue weighted by Crippen LogP contribution is 2.29. The average Bonchev–Trinajstić information content (AvgIpc) is 2.76. The van der Waals surface area contributed by atoms with E-state index < -0.39 is 18.4 Å². The summed E-state index contributed by atoms with van der Waals surface area (Å²) in [6.45, 7) is 2.26. The lowest BCUT2D eigenvalue weighted by Gasteiger charge is -2.17. The molecule has 0 aliphatic heterocycles. The summed E-state index contributed by atoms with van der Waals surface area (Å²) < 4.78 is 27.7. The number of halogens is 2. The average molecular weight is 405 g/mol. The Morgan fingerprint density at radius 3 is 2.77 bits per heavy atom. The number of pyridine rings is 2. The molecule has 2 N–H and O–H groups in total. The van der Waals surface area contributed by atoms with Crippen LogP contribution in [0.1, 0.15) is 25.1 Å². The van der Waals surface area contributed by atoms with Crippen molar-refractivity contribution in [1.29, 1.82) is 5.26 Å². The zero-order valence-corrected chi connectivity index (χ0v) is 16.7. The van der Waals surface area contributed by atoms with Gasteiger partial charge in [0.15, 0.2) is 0 Å². The Kier molecular flexibility index (Phi) is 6.17. The van der Waals surface area contributed by atoms with Crippen molar-refractivity contribution in [3.05, 3.63) is 66.1 Å². The normalized spacial score (nSPS) is 12.6. The minimum Gasteiger partial charge on any atom is -0.404 e. The Morgan fingerprint density at radius 2 is 2.07 bits per heavy atom. The Morgan fingerprint density at radius 1 is 1.27 bits per heavy atom. The molecule has 30 heavy (non-hydrogen) atoms. The van der Waals surface area contributed by atoms with Crippen LogP contribution in [0.2, 0.25) is 0 Å². The summed E-state index contributed by atoms with van der Waals surface area (Å²) in [5.41, 5.74) is 9.03. The molecule has 0 aliphatic carbocycles. The molecule has 0 unspecified atom stereocenters. The zero-order chi connectivity index (χ0) is 21.7. The number of nitriles is 1. The van der Waals surface area contributed by atoms with Gasteiger partial charge in [0.05, 0.1) is 11.2 Å². The van der Waals surface area contributed by atoms with Crippen molar-refractivity contribution in [3.63, 3.8) is 0 Å². The standard InChI is InChI=1S/C23H21F2N5/c1-15(2)23(24,25)14-28-13-18(11-26)20-8-7-19(12-27)30-22(20)17-6-5-16-4-3-9-29-21(16)10-17/h3-11,13,15H,14,26H2,1-2H3/b18-11+,28-13?. The monoisotopic (exact) mass is 405 g/mol. The molecule has 0 atom stereocenters. The number of benzene rings is 1. The molecule has 3 aromatic rings. The summed E-state index contributed by atoms with van der Waals surface area (Å²) in [6, 6.07) is 14.7. The molecule has 2 heterocycles. The predicted molar refractivity (Wildman–Crippen MR) is 115 cm³/mol. The summed E-state index contributed by atoms with van der Waals surface area (Å²) >= 11 is 0. The lowest BCUT2D eigenvalue weighted by molar-refractivity contribution is -0.0343. The van der Waals surface area contributed by atoms with Crippen LogP contribution in [0.15, 0.2) is 59.9 Å². The van der Waals surface area contributed by atoms with Gasteiger partial charge < -0.3 is 5.73 Å². The largest absolute Gasteiger partial charge is 0.404 e. The van der Waals surface area contributed by atoms with Crippen molar-refractivity contribution in [1.82, 2.24) is 9.97 Å². The SMILES string of the molecule is CC(C)C(F)(F)CN=C/C(=C\N)c1ccc(C#N)nc1-c1ccc2cccnc2c1. The van der Waals surface area contributed by atoms with Crippen molar-refractivity contribution in [2.24, 2.45) is 16.6 Å². The van der Waals surface area contributed by atoms with Crippen molar-refractivity contribution in [2.75, 3.05) is 6.54 Å². The third kappa shape index (κ3) is 4.49. The predicted octanol–water partition coefficient (Wildman–Crippen LogP) is 4.83. The van der Waals surface area contributed by atoms with E-state index in [2.05, 4.69) is 15.0 Å². The summed E-state index contributed by atoms with van der Waals surface area (Å²) in [5.74, 6) is -3.73. The van der Waals surface area contributed by atoms with Crippen LogP contribution in [0.4, 0.5) is 8.78 Å². The van der Waals surface area contributed by atoms with Gasteiger partial charge in [0.1, 0.15) is 18.3 Å². The number of rotatable bonds is 6. The number of hydrogen-bond donors (Lipinski definition) is 1. The van der Waals surface area contributed by atoms with Crippen LogP contribution in [-0.4, -0.2) is 28.6 Å². The van der Waals surface area contributed by atoms with Gasteiger partial charge in [-0.05, 0) is 24.3 Å². The fourth-order valence-corrected chi connectivity index (χ4v) is 2.84. The topological polar surface area (TPSA) is 88.0 Å². The van der Waals surface area contributed by atoms with Crippen molar-refractivity contribution >= 4 is 22.7 Å². The smallest absolute Gasteiger partial charge is 0.269 e. The van der Waals surface area contributed by atoms with Crippen LogP contribution in [-0.2, 0) is 0 Å². The summed E-state index contributed by atoms with van der Waals surface area (Å²) in [7, 11) is 0. The van der Waals surface area contributed by atoms with Gasteiger partial charge >= 0.3 is 0 Å². The maximum absolute atomic E-state index is 13.9. The van der Waals surface area contributed by atoms with Gasteiger partial charge in [0.25, 0.3) is 5.92 Å². The van der Waals surface area contributed by atoms with Gasteiger partial charge in [-0.15, -0.1) is 0 Å². The summed E-state index contributed by atoms with van der Waals surface area (Å²) in [5, 5.41) is 10.2. The first-order chi connectivity index (χ1) is 14.4. The van der Waals surface area contributed by atoms with E-state index in [0.29, 0.717) is 16.8 Å². The number of nitrogens with zero attached hydrogens (tertiary/aromatic N) is 4. The van der Waals surface area contributed by atoms with Crippen molar-refractivity contribution < 1.29 is 8.78 Å². The highest BCUT2D eigenvalue weighted by atomic mass is 19.3. The molecule has 152 valence electrons. The zero-order valence-electron chi connectivity index (χ0n) is 16.7. The lowest BCUT2D eigenvalue weighted by Crippen LogP contribution is -2.27. The van der Waals surface area contributed by atoms with Crippen molar-refractivity contribution in [2.45, 2.75) is 19.8 Å². The second-order valence-electron chi connectivity index (χ2n) is 7.12. The quantitative estimate of drug-likeness (QED) is 0.595. The van der Waals surface area contributed by atoms with E-state index in [0.717, 1.165) is 16.5 Å². The van der Waals surface area contributed by atoms with Crippen LogP contribution in [0.3, 0.4) is 0 Å². The fraction of sp³-hybridized carbons (Fsp3) is 0.217. The Hall–Kier alpha value is -3.66. The molecular formula is C23H21F2N5. The Balaban J connectivity index is 2.05. The van der Waals surface area contributed by atoms with E-state index in [4.69, 9.17) is 5.73 Å². The van der Waals surface area contributed by atoms with E-state index in [1.54, 1.807) is 18.3 Å². The van der Waals surface area contributed by atoms with Gasteiger partial charge in [-0.25, -0.2) is 13.8 Å². The second kappa shape index (κ2) is 8.78. The number of hydrogen-bond acceptors (Lipinski definition) is 5.